The predicted molar refractivity (Wildman–Crippen MR) is 93.9 cm³/mol. The van der Waals surface area contributed by atoms with Gasteiger partial charge in [-0.2, -0.15) is 0 Å². The van der Waals surface area contributed by atoms with E-state index in [0.29, 0.717) is 0 Å². The van der Waals surface area contributed by atoms with Gasteiger partial charge in [0.2, 0.25) is 0 Å². The fraction of sp³-hybridized carbons (Fsp3) is 0.200. The van der Waals surface area contributed by atoms with Crippen LogP contribution in [0.1, 0.15) is 54.3 Å². The van der Waals surface area contributed by atoms with E-state index in [0.717, 1.165) is 9.80 Å². The maximum Gasteiger partial charge on any atom is 1.00 e. The Hall–Kier alpha value is -2.08. The first-order valence-corrected chi connectivity index (χ1v) is 8.94. The van der Waals surface area contributed by atoms with Crippen molar-refractivity contribution in [3.8, 4) is 0 Å². The molecule has 2 aliphatic heterocycles. The summed E-state index contributed by atoms with van der Waals surface area (Å²) in [6.45, 7) is -0.751. The first-order valence-electron chi connectivity index (χ1n) is 8.94. The third-order valence-corrected chi connectivity index (χ3v) is 5.14. The van der Waals surface area contributed by atoms with Gasteiger partial charge in [-0.05, 0) is 24.3 Å². The Bertz CT molecular complexity index is 1050. The van der Waals surface area contributed by atoms with Crippen LogP contribution in [0.3, 0.4) is 0 Å². The molecule has 0 saturated heterocycles. The molecule has 2 aliphatic rings. The van der Waals surface area contributed by atoms with Crippen LogP contribution in [0.15, 0.2) is 24.3 Å². The Morgan fingerprint density at radius 2 is 0.844 bits per heavy atom. The second-order valence-corrected chi connectivity index (χ2v) is 6.84. The Balaban J connectivity index is 0.00000181. The minimum absolute atomic E-state index is 0. The molecule has 152 valence electrons. The minimum Gasteiger partial charge on any atom is -0.550 e. The number of nitrogens with zero attached hydrogens (tertiary/aromatic N) is 2. The van der Waals surface area contributed by atoms with Crippen molar-refractivity contribution in [2.24, 2.45) is 0 Å². The summed E-state index contributed by atoms with van der Waals surface area (Å²) in [5.74, 6) is -5.79. The number of carbonyl (C=O) groups is 6. The molecular formula is C20H12N2Na2O8. The molecule has 32 heavy (non-hydrogen) atoms. The molecule has 0 spiro atoms. The van der Waals surface area contributed by atoms with E-state index in [-0.39, 0.29) is 105 Å². The summed E-state index contributed by atoms with van der Waals surface area (Å²) in [6.07, 6.45) is -1.06. The average molecular weight is 454 g/mol. The molecule has 0 aliphatic carbocycles. The second-order valence-electron chi connectivity index (χ2n) is 6.84. The Morgan fingerprint density at radius 3 is 1.06 bits per heavy atom. The molecule has 0 fully saturated rings. The Labute approximate surface area is 225 Å². The second kappa shape index (κ2) is 9.82. The van der Waals surface area contributed by atoms with Gasteiger partial charge in [-0.15, -0.1) is 0 Å². The van der Waals surface area contributed by atoms with Gasteiger partial charge in [-0.1, -0.05) is 0 Å². The summed E-state index contributed by atoms with van der Waals surface area (Å²) in [4.78, 5) is 74.3. The van der Waals surface area contributed by atoms with E-state index < -0.39 is 48.4 Å². The molecule has 2 heterocycles. The third kappa shape index (κ3) is 4.14. The molecular weight excluding hydrogens is 442 g/mol. The zero-order valence-corrected chi connectivity index (χ0v) is 21.3. The van der Waals surface area contributed by atoms with Gasteiger partial charge in [0.1, 0.15) is 0 Å². The third-order valence-electron chi connectivity index (χ3n) is 5.14. The number of aliphatic carboxylic acids is 2. The number of hydrogen-bond acceptors (Lipinski definition) is 8. The van der Waals surface area contributed by atoms with Crippen LogP contribution in [-0.4, -0.2) is 58.5 Å². The van der Waals surface area contributed by atoms with E-state index in [1.165, 1.54) is 24.3 Å². The van der Waals surface area contributed by atoms with Crippen LogP contribution in [0.25, 0.3) is 10.8 Å². The van der Waals surface area contributed by atoms with Gasteiger partial charge in [-0.3, -0.25) is 29.0 Å². The maximum absolute atomic E-state index is 12.8. The smallest absolute Gasteiger partial charge is 0.550 e. The van der Waals surface area contributed by atoms with E-state index in [1.807, 2.05) is 0 Å². The van der Waals surface area contributed by atoms with E-state index in [1.54, 1.807) is 0 Å². The van der Waals surface area contributed by atoms with Crippen molar-refractivity contribution in [1.29, 1.82) is 0 Å². The molecule has 4 rings (SSSR count). The van der Waals surface area contributed by atoms with Gasteiger partial charge in [0.05, 0.1) is 0 Å². The van der Waals surface area contributed by atoms with Gasteiger partial charge in [0.15, 0.2) is 0 Å². The van der Waals surface area contributed by atoms with E-state index >= 15 is 0 Å². The van der Waals surface area contributed by atoms with Crippen molar-refractivity contribution in [2.75, 3.05) is 13.1 Å². The van der Waals surface area contributed by atoms with Crippen molar-refractivity contribution in [3.63, 3.8) is 0 Å². The fourth-order valence-electron chi connectivity index (χ4n) is 3.79. The first-order chi connectivity index (χ1) is 14.2. The van der Waals surface area contributed by atoms with Crippen LogP contribution >= 0.6 is 0 Å². The number of benzene rings is 2. The number of carboxylic acids is 2. The summed E-state index contributed by atoms with van der Waals surface area (Å²) in [5.41, 5.74) is 0.249. The molecule has 0 aromatic heterocycles. The molecule has 0 unspecified atom stereocenters. The molecule has 4 amide bonds. The number of carboxylic acid groups (broad SMARTS) is 2. The monoisotopic (exact) mass is 454 g/mol. The van der Waals surface area contributed by atoms with E-state index in [9.17, 15) is 39.0 Å². The van der Waals surface area contributed by atoms with E-state index in [4.69, 9.17) is 0 Å². The van der Waals surface area contributed by atoms with Crippen LogP contribution < -0.4 is 69.3 Å². The SMILES string of the molecule is O=C([O-])CCN1C(=O)c2ccc3c4c(ccc(c24)C1=O)C(=O)N(CCC(=O)[O-])C3=O.[Na+].[Na+]. The average Bonchev–Trinajstić information content (AvgIpc) is 2.69. The number of imide groups is 2. The van der Waals surface area contributed by atoms with Crippen molar-refractivity contribution in [3.05, 3.63) is 46.5 Å². The normalized spacial score (nSPS) is 14.2. The zero-order valence-electron chi connectivity index (χ0n) is 17.3. The van der Waals surface area contributed by atoms with Crippen molar-refractivity contribution in [1.82, 2.24) is 9.80 Å². The molecule has 0 atom stereocenters. The predicted octanol–water partition coefficient (Wildman–Crippen LogP) is -7.68. The molecule has 0 saturated carbocycles. The number of hydrogen-bond donors (Lipinski definition) is 0. The van der Waals surface area contributed by atoms with Crippen molar-refractivity contribution in [2.45, 2.75) is 12.8 Å². The minimum atomic E-state index is -1.42. The van der Waals surface area contributed by atoms with Crippen molar-refractivity contribution < 1.29 is 98.1 Å². The maximum atomic E-state index is 12.8. The molecule has 0 N–H and O–H groups in total. The van der Waals surface area contributed by atoms with Gasteiger partial charge in [0, 0.05) is 70.9 Å². The molecule has 10 nitrogen and oxygen atoms in total. The molecule has 2 aromatic rings. The van der Waals surface area contributed by atoms with Crippen LogP contribution in [-0.2, 0) is 9.59 Å². The number of amides is 4. The van der Waals surface area contributed by atoms with Gasteiger partial charge >= 0.3 is 59.1 Å². The summed E-state index contributed by atoms with van der Waals surface area (Å²) < 4.78 is 0. The van der Waals surface area contributed by atoms with Crippen LogP contribution in [0.4, 0.5) is 0 Å². The summed E-state index contributed by atoms with van der Waals surface area (Å²) in [6, 6.07) is 5.32. The van der Waals surface area contributed by atoms with Gasteiger partial charge in [-0.25, -0.2) is 0 Å². The molecule has 0 bridgehead atoms. The quantitative estimate of drug-likeness (QED) is 0.308. The van der Waals surface area contributed by atoms with Crippen LogP contribution in [0, 0.1) is 0 Å². The largest absolute Gasteiger partial charge is 1.00 e. The van der Waals surface area contributed by atoms with Crippen LogP contribution in [0.5, 0.6) is 0 Å². The number of carbonyl (C=O) groups excluding carboxylic acids is 6. The molecule has 0 radical (unpaired) electrons. The van der Waals surface area contributed by atoms with Crippen molar-refractivity contribution >= 4 is 46.3 Å². The Morgan fingerprint density at radius 1 is 0.594 bits per heavy atom. The van der Waals surface area contributed by atoms with E-state index in [2.05, 4.69) is 0 Å². The van der Waals surface area contributed by atoms with Crippen LogP contribution in [0.2, 0.25) is 0 Å². The summed E-state index contributed by atoms with van der Waals surface area (Å²) in [5, 5.41) is 21.8. The van der Waals surface area contributed by atoms with Gasteiger partial charge < -0.3 is 19.8 Å². The zero-order chi connectivity index (χ0) is 21.7. The van der Waals surface area contributed by atoms with Gasteiger partial charge in [0.25, 0.3) is 23.6 Å². The summed E-state index contributed by atoms with van der Waals surface area (Å²) >= 11 is 0. The topological polar surface area (TPSA) is 155 Å². The fourth-order valence-corrected chi connectivity index (χ4v) is 3.79. The number of rotatable bonds is 6. The standard InChI is InChI=1S/C20H14N2O8.2Na/c23-13(24)5-7-21-17(27)9-1-2-10-16-12(4-3-11(15(9)16)19(21)29)20(30)22(18(10)28)8-6-14(25)26;;/h1-4H,5-8H2,(H,23,24)(H,25,26);;/q;2*+1/p-2. The first kappa shape index (κ1) is 26.2. The molecule has 12 heteroatoms. The molecule has 2 aromatic carbocycles. The summed E-state index contributed by atoms with van der Waals surface area (Å²) in [7, 11) is 0. The Kier molecular flexibility index (Phi) is 8.03.